The normalized spacial score (nSPS) is 10.5. The molecular formula is C10H10Br2N4O. The van der Waals surface area contributed by atoms with Gasteiger partial charge in [-0.05, 0) is 44.0 Å². The van der Waals surface area contributed by atoms with Crippen LogP contribution in [0.4, 0.5) is 5.69 Å². The molecule has 1 aromatic carbocycles. The molecule has 2 aromatic rings. The lowest BCUT2D eigenvalue weighted by Gasteiger charge is -2.10. The summed E-state index contributed by atoms with van der Waals surface area (Å²) in [4.78, 5) is 3.86. The van der Waals surface area contributed by atoms with Gasteiger partial charge < -0.3 is 10.5 Å². The third-order valence-electron chi connectivity index (χ3n) is 2.05. The zero-order valence-electron chi connectivity index (χ0n) is 8.81. The van der Waals surface area contributed by atoms with Crippen molar-refractivity contribution >= 4 is 37.5 Å². The molecular weight excluding hydrogens is 352 g/mol. The third kappa shape index (κ3) is 3.19. The van der Waals surface area contributed by atoms with Crippen LogP contribution < -0.4 is 10.5 Å². The van der Waals surface area contributed by atoms with Gasteiger partial charge in [-0.1, -0.05) is 0 Å². The highest BCUT2D eigenvalue weighted by atomic mass is 79.9. The summed E-state index contributed by atoms with van der Waals surface area (Å²) >= 11 is 6.81. The van der Waals surface area contributed by atoms with Gasteiger partial charge in [-0.25, -0.2) is 9.67 Å². The number of aromatic nitrogens is 3. The number of hydrogen-bond acceptors (Lipinski definition) is 4. The van der Waals surface area contributed by atoms with E-state index in [4.69, 9.17) is 10.5 Å². The van der Waals surface area contributed by atoms with E-state index in [1.54, 1.807) is 23.1 Å². The summed E-state index contributed by atoms with van der Waals surface area (Å²) in [5, 5.41) is 3.99. The summed E-state index contributed by atoms with van der Waals surface area (Å²) in [5.74, 6) is 0.735. The van der Waals surface area contributed by atoms with Crippen LogP contribution in [0.2, 0.25) is 0 Å². The largest absolute Gasteiger partial charge is 0.489 e. The first-order valence-corrected chi connectivity index (χ1v) is 6.45. The average molecular weight is 362 g/mol. The number of halogens is 2. The summed E-state index contributed by atoms with van der Waals surface area (Å²) in [6.07, 6.45) is 3.14. The molecule has 5 nitrogen and oxygen atoms in total. The molecule has 0 unspecified atom stereocenters. The molecule has 0 saturated carbocycles. The Kier molecular flexibility index (Phi) is 4.01. The van der Waals surface area contributed by atoms with E-state index in [2.05, 4.69) is 41.9 Å². The molecule has 0 radical (unpaired) electrons. The van der Waals surface area contributed by atoms with Gasteiger partial charge in [-0.3, -0.25) is 0 Å². The Morgan fingerprint density at radius 1 is 1.29 bits per heavy atom. The van der Waals surface area contributed by atoms with Crippen LogP contribution in [-0.2, 0) is 6.54 Å². The topological polar surface area (TPSA) is 66.0 Å². The van der Waals surface area contributed by atoms with E-state index < -0.39 is 0 Å². The van der Waals surface area contributed by atoms with Crippen LogP contribution in [0, 0.1) is 0 Å². The molecule has 0 fully saturated rings. The minimum atomic E-state index is 0.504. The molecule has 0 spiro atoms. The second-order valence-corrected chi connectivity index (χ2v) is 5.03. The van der Waals surface area contributed by atoms with Crippen molar-refractivity contribution in [2.45, 2.75) is 6.54 Å². The number of ether oxygens (including phenoxy) is 1. The number of nitrogen functional groups attached to an aromatic ring is 1. The number of nitrogens with zero attached hydrogens (tertiary/aromatic N) is 3. The molecule has 90 valence electrons. The lowest BCUT2D eigenvalue weighted by molar-refractivity contribution is 0.288. The summed E-state index contributed by atoms with van der Waals surface area (Å²) in [7, 11) is 0. The standard InChI is InChI=1S/C10H10Br2N4O/c11-8-3-7(13)4-9(12)10(8)17-2-1-16-6-14-5-15-16/h3-6H,1-2,13H2. The Balaban J connectivity index is 1.99. The Morgan fingerprint density at radius 2 is 2.00 bits per heavy atom. The SMILES string of the molecule is Nc1cc(Br)c(OCCn2cncn2)c(Br)c1. The highest BCUT2D eigenvalue weighted by Gasteiger charge is 2.07. The number of nitrogens with two attached hydrogens (primary N) is 1. The molecule has 0 amide bonds. The molecule has 2 rings (SSSR count). The van der Waals surface area contributed by atoms with Crippen molar-refractivity contribution in [1.29, 1.82) is 0 Å². The zero-order chi connectivity index (χ0) is 12.3. The second-order valence-electron chi connectivity index (χ2n) is 3.32. The number of hydrogen-bond donors (Lipinski definition) is 1. The van der Waals surface area contributed by atoms with E-state index in [1.165, 1.54) is 6.33 Å². The fourth-order valence-electron chi connectivity index (χ4n) is 1.31. The Morgan fingerprint density at radius 3 is 2.59 bits per heavy atom. The van der Waals surface area contributed by atoms with Crippen LogP contribution in [0.1, 0.15) is 0 Å². The maximum Gasteiger partial charge on any atom is 0.147 e. The fourth-order valence-corrected chi connectivity index (χ4v) is 2.76. The van der Waals surface area contributed by atoms with Crippen molar-refractivity contribution in [3.8, 4) is 5.75 Å². The molecule has 0 bridgehead atoms. The number of rotatable bonds is 4. The van der Waals surface area contributed by atoms with Crippen LogP contribution >= 0.6 is 31.9 Å². The predicted molar refractivity (Wildman–Crippen MR) is 71.8 cm³/mol. The summed E-state index contributed by atoms with van der Waals surface area (Å²) in [6.45, 7) is 1.15. The van der Waals surface area contributed by atoms with Crippen LogP contribution in [0.25, 0.3) is 0 Å². The molecule has 17 heavy (non-hydrogen) atoms. The van der Waals surface area contributed by atoms with Crippen molar-refractivity contribution in [3.05, 3.63) is 33.7 Å². The van der Waals surface area contributed by atoms with Crippen LogP contribution in [-0.4, -0.2) is 21.4 Å². The van der Waals surface area contributed by atoms with E-state index in [1.807, 2.05) is 0 Å². The molecule has 0 atom stereocenters. The Hall–Kier alpha value is -1.08. The lowest BCUT2D eigenvalue weighted by Crippen LogP contribution is -2.09. The van der Waals surface area contributed by atoms with Crippen molar-refractivity contribution in [2.75, 3.05) is 12.3 Å². The molecule has 0 saturated heterocycles. The van der Waals surface area contributed by atoms with E-state index in [0.717, 1.165) is 14.7 Å². The highest BCUT2D eigenvalue weighted by molar-refractivity contribution is 9.11. The minimum Gasteiger partial charge on any atom is -0.489 e. The first kappa shape index (κ1) is 12.4. The maximum atomic E-state index is 5.70. The van der Waals surface area contributed by atoms with E-state index in [-0.39, 0.29) is 0 Å². The van der Waals surface area contributed by atoms with Crippen molar-refractivity contribution in [3.63, 3.8) is 0 Å². The van der Waals surface area contributed by atoms with E-state index in [9.17, 15) is 0 Å². The molecule has 1 aromatic heterocycles. The average Bonchev–Trinajstić information content (AvgIpc) is 2.74. The van der Waals surface area contributed by atoms with Gasteiger partial charge in [0.15, 0.2) is 0 Å². The Bertz CT molecular complexity index is 478. The van der Waals surface area contributed by atoms with Crippen molar-refractivity contribution in [1.82, 2.24) is 14.8 Å². The van der Waals surface area contributed by atoms with Crippen LogP contribution in [0.15, 0.2) is 33.7 Å². The maximum absolute atomic E-state index is 5.70. The summed E-state index contributed by atoms with van der Waals surface area (Å²) in [5.41, 5.74) is 6.37. The van der Waals surface area contributed by atoms with Gasteiger partial charge in [-0.15, -0.1) is 0 Å². The third-order valence-corrected chi connectivity index (χ3v) is 3.23. The zero-order valence-corrected chi connectivity index (χ0v) is 12.0. The molecule has 7 heteroatoms. The van der Waals surface area contributed by atoms with Gasteiger partial charge in [0.05, 0.1) is 15.5 Å². The molecule has 0 aliphatic carbocycles. The second kappa shape index (κ2) is 5.50. The minimum absolute atomic E-state index is 0.504. The monoisotopic (exact) mass is 360 g/mol. The molecule has 2 N–H and O–H groups in total. The fraction of sp³-hybridized carbons (Fsp3) is 0.200. The molecule has 0 aliphatic rings. The summed E-state index contributed by atoms with van der Waals surface area (Å²) in [6, 6.07) is 3.60. The molecule has 0 aliphatic heterocycles. The van der Waals surface area contributed by atoms with Gasteiger partial charge >= 0.3 is 0 Å². The van der Waals surface area contributed by atoms with Gasteiger partial charge in [0.2, 0.25) is 0 Å². The van der Waals surface area contributed by atoms with Crippen molar-refractivity contribution in [2.24, 2.45) is 0 Å². The van der Waals surface area contributed by atoms with Gasteiger partial charge in [0.1, 0.15) is 25.0 Å². The van der Waals surface area contributed by atoms with Crippen LogP contribution in [0.3, 0.4) is 0 Å². The van der Waals surface area contributed by atoms with Crippen LogP contribution in [0.5, 0.6) is 5.75 Å². The van der Waals surface area contributed by atoms with E-state index in [0.29, 0.717) is 18.8 Å². The van der Waals surface area contributed by atoms with Gasteiger partial charge in [-0.2, -0.15) is 5.10 Å². The smallest absolute Gasteiger partial charge is 0.147 e. The molecule has 1 heterocycles. The quantitative estimate of drug-likeness (QED) is 0.849. The van der Waals surface area contributed by atoms with Crippen molar-refractivity contribution < 1.29 is 4.74 Å². The highest BCUT2D eigenvalue weighted by Crippen LogP contribution is 2.35. The number of anilines is 1. The van der Waals surface area contributed by atoms with E-state index >= 15 is 0 Å². The van der Waals surface area contributed by atoms with Gasteiger partial charge in [0.25, 0.3) is 0 Å². The Labute approximate surface area is 115 Å². The predicted octanol–water partition coefficient (Wildman–Crippen LogP) is 2.46. The first-order chi connectivity index (χ1) is 8.16. The lowest BCUT2D eigenvalue weighted by atomic mass is 10.3. The number of benzene rings is 1. The summed E-state index contributed by atoms with van der Waals surface area (Å²) < 4.78 is 9.01. The first-order valence-electron chi connectivity index (χ1n) is 4.86. The van der Waals surface area contributed by atoms with Gasteiger partial charge in [0, 0.05) is 5.69 Å².